The molecule has 0 saturated carbocycles. The molecule has 0 aromatic carbocycles. The predicted molar refractivity (Wildman–Crippen MR) is 82.4 cm³/mol. The van der Waals surface area contributed by atoms with E-state index >= 15 is 0 Å². The van der Waals surface area contributed by atoms with Crippen molar-refractivity contribution in [2.24, 2.45) is 5.92 Å². The van der Waals surface area contributed by atoms with E-state index in [0.717, 1.165) is 31.8 Å². The largest absolute Gasteiger partial charge is 0.382 e. The van der Waals surface area contributed by atoms with Crippen molar-refractivity contribution in [2.75, 3.05) is 46.6 Å². The molecule has 1 saturated heterocycles. The lowest BCUT2D eigenvalue weighted by atomic mass is 9.93. The Hall–Kier alpha value is -0.360. The third kappa shape index (κ3) is 10.4. The van der Waals surface area contributed by atoms with Crippen LogP contribution in [0.1, 0.15) is 32.1 Å². The van der Waals surface area contributed by atoms with Crippen LogP contribution in [0.3, 0.4) is 0 Å². The lowest BCUT2D eigenvalue weighted by Gasteiger charge is -2.22. The van der Waals surface area contributed by atoms with Crippen molar-refractivity contribution in [1.29, 1.82) is 0 Å². The number of rotatable bonds is 10. The Bertz CT molecular complexity index is 236. The van der Waals surface area contributed by atoms with Gasteiger partial charge in [-0.05, 0) is 44.7 Å². The summed E-state index contributed by atoms with van der Waals surface area (Å²) in [5.74, 6) is 0.903. The highest BCUT2D eigenvalue weighted by atomic mass is 35.5. The number of piperidine rings is 1. The van der Waals surface area contributed by atoms with Crippen molar-refractivity contribution in [2.45, 2.75) is 32.1 Å². The number of halogens is 1. The molecule has 0 atom stereocenters. The molecule has 5 nitrogen and oxygen atoms in total. The Labute approximate surface area is 128 Å². The molecule has 0 aromatic heterocycles. The molecule has 0 unspecified atom stereocenters. The molecular formula is C14H29ClN2O3. The topological polar surface area (TPSA) is 59.6 Å². The monoisotopic (exact) mass is 308 g/mol. The van der Waals surface area contributed by atoms with Crippen molar-refractivity contribution in [3.63, 3.8) is 0 Å². The number of amides is 1. The van der Waals surface area contributed by atoms with Gasteiger partial charge in [-0.15, -0.1) is 12.4 Å². The molecule has 2 N–H and O–H groups in total. The molecular weight excluding hydrogens is 280 g/mol. The normalized spacial score (nSPS) is 15.7. The summed E-state index contributed by atoms with van der Waals surface area (Å²) in [5, 5.41) is 6.29. The zero-order valence-corrected chi connectivity index (χ0v) is 13.3. The summed E-state index contributed by atoms with van der Waals surface area (Å²) in [6.07, 6.45) is 4.97. The minimum Gasteiger partial charge on any atom is -0.382 e. The van der Waals surface area contributed by atoms with Crippen LogP contribution >= 0.6 is 12.4 Å². The summed E-state index contributed by atoms with van der Waals surface area (Å²) in [7, 11) is 1.66. The molecule has 1 fully saturated rings. The van der Waals surface area contributed by atoms with Crippen LogP contribution in [-0.2, 0) is 14.3 Å². The van der Waals surface area contributed by atoms with Crippen molar-refractivity contribution < 1.29 is 14.3 Å². The lowest BCUT2D eigenvalue weighted by molar-refractivity contribution is -0.121. The first-order chi connectivity index (χ1) is 9.33. The van der Waals surface area contributed by atoms with Gasteiger partial charge in [0.1, 0.15) is 0 Å². The highest BCUT2D eigenvalue weighted by molar-refractivity contribution is 5.85. The SMILES string of the molecule is COCCOCCCNC(=O)CCC1CCNCC1.Cl. The summed E-state index contributed by atoms with van der Waals surface area (Å²) in [6.45, 7) is 4.84. The summed E-state index contributed by atoms with van der Waals surface area (Å²) in [5.41, 5.74) is 0. The maximum atomic E-state index is 11.6. The number of carbonyl (C=O) groups is 1. The molecule has 1 rings (SSSR count). The Balaban J connectivity index is 0.00000361. The van der Waals surface area contributed by atoms with Crippen LogP contribution in [0.2, 0.25) is 0 Å². The van der Waals surface area contributed by atoms with E-state index in [1.807, 2.05) is 0 Å². The van der Waals surface area contributed by atoms with E-state index in [0.29, 0.717) is 32.8 Å². The second-order valence-corrected chi connectivity index (χ2v) is 5.04. The van der Waals surface area contributed by atoms with E-state index in [-0.39, 0.29) is 18.3 Å². The summed E-state index contributed by atoms with van der Waals surface area (Å²) < 4.78 is 10.2. The van der Waals surface area contributed by atoms with Crippen molar-refractivity contribution >= 4 is 18.3 Å². The Morgan fingerprint density at radius 2 is 2.00 bits per heavy atom. The highest BCUT2D eigenvalue weighted by Crippen LogP contribution is 2.17. The fourth-order valence-electron chi connectivity index (χ4n) is 2.24. The first-order valence-electron chi connectivity index (χ1n) is 7.37. The molecule has 0 aromatic rings. The van der Waals surface area contributed by atoms with Crippen LogP contribution in [0.25, 0.3) is 0 Å². The molecule has 0 bridgehead atoms. The van der Waals surface area contributed by atoms with Crippen LogP contribution in [0, 0.1) is 5.92 Å². The molecule has 1 aliphatic heterocycles. The number of nitrogens with one attached hydrogen (secondary N) is 2. The molecule has 0 spiro atoms. The summed E-state index contributed by atoms with van der Waals surface area (Å²) in [4.78, 5) is 11.6. The number of methoxy groups -OCH3 is 1. The molecule has 1 heterocycles. The van der Waals surface area contributed by atoms with Crippen molar-refractivity contribution in [3.8, 4) is 0 Å². The molecule has 1 aliphatic rings. The quantitative estimate of drug-likeness (QED) is 0.598. The van der Waals surface area contributed by atoms with Gasteiger partial charge in [-0.2, -0.15) is 0 Å². The molecule has 6 heteroatoms. The second kappa shape index (κ2) is 13.6. The third-order valence-electron chi connectivity index (χ3n) is 3.46. The second-order valence-electron chi connectivity index (χ2n) is 5.04. The molecule has 0 aliphatic carbocycles. The van der Waals surface area contributed by atoms with Crippen LogP contribution in [0.4, 0.5) is 0 Å². The van der Waals surface area contributed by atoms with Crippen LogP contribution in [0.5, 0.6) is 0 Å². The van der Waals surface area contributed by atoms with Crippen LogP contribution in [0.15, 0.2) is 0 Å². The van der Waals surface area contributed by atoms with Crippen molar-refractivity contribution in [3.05, 3.63) is 0 Å². The van der Waals surface area contributed by atoms with Crippen molar-refractivity contribution in [1.82, 2.24) is 10.6 Å². The van der Waals surface area contributed by atoms with Gasteiger partial charge in [0, 0.05) is 26.7 Å². The number of hydrogen-bond donors (Lipinski definition) is 2. The van der Waals surface area contributed by atoms with Gasteiger partial charge in [-0.1, -0.05) is 0 Å². The fourth-order valence-corrected chi connectivity index (χ4v) is 2.24. The van der Waals surface area contributed by atoms with E-state index in [1.165, 1.54) is 12.8 Å². The van der Waals surface area contributed by atoms with Gasteiger partial charge in [0.05, 0.1) is 13.2 Å². The zero-order valence-electron chi connectivity index (χ0n) is 12.5. The standard InChI is InChI=1S/C14H28N2O3.ClH/c1-18-11-12-19-10-2-7-16-14(17)4-3-13-5-8-15-9-6-13;/h13,15H,2-12H2,1H3,(H,16,17);1H. The Morgan fingerprint density at radius 3 is 2.70 bits per heavy atom. The molecule has 1 amide bonds. The van der Waals surface area contributed by atoms with Gasteiger partial charge in [-0.25, -0.2) is 0 Å². The van der Waals surface area contributed by atoms with Crippen LogP contribution < -0.4 is 10.6 Å². The van der Waals surface area contributed by atoms with Gasteiger partial charge in [0.2, 0.25) is 5.91 Å². The zero-order chi connectivity index (χ0) is 13.8. The maximum Gasteiger partial charge on any atom is 0.220 e. The first-order valence-corrected chi connectivity index (χ1v) is 7.37. The van der Waals surface area contributed by atoms with Gasteiger partial charge < -0.3 is 20.1 Å². The maximum absolute atomic E-state index is 11.6. The van der Waals surface area contributed by atoms with E-state index in [4.69, 9.17) is 9.47 Å². The van der Waals surface area contributed by atoms with E-state index in [9.17, 15) is 4.79 Å². The number of carbonyl (C=O) groups excluding carboxylic acids is 1. The minimum absolute atomic E-state index is 0. The van der Waals surface area contributed by atoms with Gasteiger partial charge >= 0.3 is 0 Å². The Kier molecular flexibility index (Phi) is 13.4. The van der Waals surface area contributed by atoms with Gasteiger partial charge in [0.25, 0.3) is 0 Å². The fraction of sp³-hybridized carbons (Fsp3) is 0.929. The summed E-state index contributed by atoms with van der Waals surface area (Å²) in [6, 6.07) is 0. The Morgan fingerprint density at radius 1 is 1.25 bits per heavy atom. The predicted octanol–water partition coefficient (Wildman–Crippen LogP) is 1.36. The first kappa shape index (κ1) is 19.6. The number of ether oxygens (including phenoxy) is 2. The van der Waals surface area contributed by atoms with Gasteiger partial charge in [-0.3, -0.25) is 4.79 Å². The molecule has 0 radical (unpaired) electrons. The minimum atomic E-state index is 0. The van der Waals surface area contributed by atoms with E-state index in [2.05, 4.69) is 10.6 Å². The third-order valence-corrected chi connectivity index (χ3v) is 3.46. The summed E-state index contributed by atoms with van der Waals surface area (Å²) >= 11 is 0. The smallest absolute Gasteiger partial charge is 0.220 e. The lowest BCUT2D eigenvalue weighted by Crippen LogP contribution is -2.30. The average molecular weight is 309 g/mol. The van der Waals surface area contributed by atoms with E-state index in [1.54, 1.807) is 7.11 Å². The van der Waals surface area contributed by atoms with Gasteiger partial charge in [0.15, 0.2) is 0 Å². The van der Waals surface area contributed by atoms with Crippen LogP contribution in [-0.4, -0.2) is 52.5 Å². The molecule has 20 heavy (non-hydrogen) atoms. The van der Waals surface area contributed by atoms with E-state index < -0.39 is 0 Å². The molecule has 120 valence electrons. The highest BCUT2D eigenvalue weighted by Gasteiger charge is 2.14. The average Bonchev–Trinajstić information content (AvgIpc) is 2.45. The number of hydrogen-bond acceptors (Lipinski definition) is 4.